The molecule has 0 spiro atoms. The number of hydrogen-bond donors (Lipinski definition) is 0. The van der Waals surface area contributed by atoms with Gasteiger partial charge in [0.05, 0.1) is 21.3 Å². The molecule has 0 unspecified atom stereocenters. The normalized spacial score (nSPS) is 19.7. The molecule has 0 aliphatic heterocycles. The number of carbonyl (C=O) groups is 1. The molecule has 1 aliphatic rings. The van der Waals surface area contributed by atoms with Crippen LogP contribution in [-0.2, 0) is 20.0 Å². The second-order valence-corrected chi connectivity index (χ2v) is 9.02. The zero-order chi connectivity index (χ0) is 18.9. The van der Waals surface area contributed by atoms with E-state index in [1.54, 1.807) is 55.5 Å². The number of nitriles is 1. The molecule has 0 amide bonds. The van der Waals surface area contributed by atoms with Gasteiger partial charge in [0.1, 0.15) is 5.78 Å². The second kappa shape index (κ2) is 6.69. The van der Waals surface area contributed by atoms with Crippen molar-refractivity contribution in [3.63, 3.8) is 0 Å². The van der Waals surface area contributed by atoms with E-state index in [4.69, 9.17) is 0 Å². The standard InChI is InChI=1S/C21H21NO3S/c1-15-7-11-18(12-8-15)26(24,25)20-6-4-3-5-19(20)21(2,14-22)16-9-10-17(23)13-16/h3-8,11-12,16H,9-10,13H2,1-2H3/t16-,21+/m0/s1. The minimum atomic E-state index is -3.76. The van der Waals surface area contributed by atoms with Gasteiger partial charge in [0, 0.05) is 12.8 Å². The van der Waals surface area contributed by atoms with E-state index in [2.05, 4.69) is 6.07 Å². The van der Waals surface area contributed by atoms with E-state index >= 15 is 0 Å². The summed E-state index contributed by atoms with van der Waals surface area (Å²) >= 11 is 0. The van der Waals surface area contributed by atoms with Crippen LogP contribution in [0.15, 0.2) is 58.3 Å². The molecule has 0 heterocycles. The first-order chi connectivity index (χ1) is 12.3. The minimum absolute atomic E-state index is 0.135. The monoisotopic (exact) mass is 367 g/mol. The quantitative estimate of drug-likeness (QED) is 0.819. The van der Waals surface area contributed by atoms with Crippen LogP contribution in [0.3, 0.4) is 0 Å². The van der Waals surface area contributed by atoms with Crippen molar-refractivity contribution >= 4 is 15.6 Å². The fourth-order valence-corrected chi connectivity index (χ4v) is 5.23. The lowest BCUT2D eigenvalue weighted by Gasteiger charge is -2.30. The summed E-state index contributed by atoms with van der Waals surface area (Å²) in [6, 6.07) is 15.7. The highest BCUT2D eigenvalue weighted by Crippen LogP contribution is 2.43. The van der Waals surface area contributed by atoms with Crippen molar-refractivity contribution < 1.29 is 13.2 Å². The fraction of sp³-hybridized carbons (Fsp3) is 0.333. The Kier molecular flexibility index (Phi) is 4.72. The number of carbonyl (C=O) groups excluding carboxylic acids is 1. The number of sulfone groups is 1. The first-order valence-electron chi connectivity index (χ1n) is 8.63. The molecule has 3 rings (SSSR count). The Morgan fingerprint density at radius 3 is 2.35 bits per heavy atom. The Balaban J connectivity index is 2.15. The summed E-state index contributed by atoms with van der Waals surface area (Å²) in [5.74, 6) is -0.0373. The van der Waals surface area contributed by atoms with Gasteiger partial charge in [-0.05, 0) is 49.9 Å². The van der Waals surface area contributed by atoms with Crippen molar-refractivity contribution in [3.05, 3.63) is 59.7 Å². The number of Topliss-reactive ketones (excluding diaryl/α,β-unsaturated/α-hetero) is 1. The molecule has 2 atom stereocenters. The molecule has 0 N–H and O–H groups in total. The molecule has 134 valence electrons. The van der Waals surface area contributed by atoms with Gasteiger partial charge < -0.3 is 0 Å². The number of aryl methyl sites for hydroxylation is 1. The number of hydrogen-bond acceptors (Lipinski definition) is 4. The van der Waals surface area contributed by atoms with Crippen molar-refractivity contribution in [3.8, 4) is 6.07 Å². The van der Waals surface area contributed by atoms with Crippen LogP contribution in [0, 0.1) is 24.2 Å². The summed E-state index contributed by atoms with van der Waals surface area (Å²) in [5, 5.41) is 9.93. The Labute approximate surface area is 154 Å². The van der Waals surface area contributed by atoms with Crippen LogP contribution < -0.4 is 0 Å². The van der Waals surface area contributed by atoms with E-state index in [0.29, 0.717) is 24.8 Å². The van der Waals surface area contributed by atoms with Crippen LogP contribution in [0.2, 0.25) is 0 Å². The smallest absolute Gasteiger partial charge is 0.206 e. The van der Waals surface area contributed by atoms with E-state index in [-0.39, 0.29) is 21.5 Å². The maximum atomic E-state index is 13.2. The van der Waals surface area contributed by atoms with Crippen molar-refractivity contribution in [1.82, 2.24) is 0 Å². The number of rotatable bonds is 4. The van der Waals surface area contributed by atoms with Gasteiger partial charge in [-0.15, -0.1) is 0 Å². The summed E-state index contributed by atoms with van der Waals surface area (Å²) in [6.07, 6.45) is 1.39. The van der Waals surface area contributed by atoms with Crippen LogP contribution in [0.1, 0.15) is 37.3 Å². The molecule has 4 nitrogen and oxygen atoms in total. The predicted molar refractivity (Wildman–Crippen MR) is 98.4 cm³/mol. The van der Waals surface area contributed by atoms with Gasteiger partial charge in [-0.3, -0.25) is 4.79 Å². The number of nitrogens with zero attached hydrogens (tertiary/aromatic N) is 1. The third-order valence-corrected chi connectivity index (χ3v) is 7.19. The average Bonchev–Trinajstić information content (AvgIpc) is 3.08. The summed E-state index contributed by atoms with van der Waals surface area (Å²) < 4.78 is 26.5. The molecular weight excluding hydrogens is 346 g/mol. The first-order valence-corrected chi connectivity index (χ1v) is 10.1. The van der Waals surface area contributed by atoms with Gasteiger partial charge in [-0.25, -0.2) is 8.42 Å². The van der Waals surface area contributed by atoms with Crippen LogP contribution in [0.5, 0.6) is 0 Å². The highest BCUT2D eigenvalue weighted by molar-refractivity contribution is 7.91. The Morgan fingerprint density at radius 1 is 1.12 bits per heavy atom. The molecule has 0 radical (unpaired) electrons. The maximum absolute atomic E-state index is 13.2. The van der Waals surface area contributed by atoms with Gasteiger partial charge in [0.25, 0.3) is 0 Å². The van der Waals surface area contributed by atoms with Gasteiger partial charge in [0.15, 0.2) is 0 Å². The lowest BCUT2D eigenvalue weighted by atomic mass is 9.72. The molecule has 1 saturated carbocycles. The van der Waals surface area contributed by atoms with Gasteiger partial charge in [-0.2, -0.15) is 5.26 Å². The zero-order valence-corrected chi connectivity index (χ0v) is 15.7. The summed E-state index contributed by atoms with van der Waals surface area (Å²) in [4.78, 5) is 12.1. The molecule has 1 aliphatic carbocycles. The van der Waals surface area contributed by atoms with Gasteiger partial charge in [-0.1, -0.05) is 35.9 Å². The lowest BCUT2D eigenvalue weighted by molar-refractivity contribution is -0.117. The van der Waals surface area contributed by atoms with Crippen LogP contribution in [0.4, 0.5) is 0 Å². The average molecular weight is 367 g/mol. The Bertz CT molecular complexity index is 987. The summed E-state index contributed by atoms with van der Waals surface area (Å²) in [6.45, 7) is 3.65. The molecule has 5 heteroatoms. The Hall–Kier alpha value is -2.45. The maximum Gasteiger partial charge on any atom is 0.206 e. The van der Waals surface area contributed by atoms with Crippen molar-refractivity contribution in [1.29, 1.82) is 5.26 Å². The minimum Gasteiger partial charge on any atom is -0.300 e. The largest absolute Gasteiger partial charge is 0.300 e. The van der Waals surface area contributed by atoms with Crippen LogP contribution in [-0.4, -0.2) is 14.2 Å². The van der Waals surface area contributed by atoms with Gasteiger partial charge in [0.2, 0.25) is 9.84 Å². The Morgan fingerprint density at radius 2 is 1.77 bits per heavy atom. The molecule has 0 bridgehead atoms. The molecule has 0 saturated heterocycles. The molecule has 0 aromatic heterocycles. The summed E-state index contributed by atoms with van der Waals surface area (Å²) in [5.41, 5.74) is 0.423. The first kappa shape index (κ1) is 18.3. The van der Waals surface area contributed by atoms with Crippen LogP contribution in [0.25, 0.3) is 0 Å². The van der Waals surface area contributed by atoms with E-state index in [9.17, 15) is 18.5 Å². The third kappa shape index (κ3) is 3.06. The van der Waals surface area contributed by atoms with Crippen molar-refractivity contribution in [2.45, 2.75) is 48.3 Å². The zero-order valence-electron chi connectivity index (χ0n) is 14.9. The number of ketones is 1. The van der Waals surface area contributed by atoms with Crippen molar-refractivity contribution in [2.24, 2.45) is 5.92 Å². The van der Waals surface area contributed by atoms with Crippen molar-refractivity contribution in [2.75, 3.05) is 0 Å². The molecule has 2 aromatic rings. The van der Waals surface area contributed by atoms with E-state index in [0.717, 1.165) is 5.56 Å². The molecule has 1 fully saturated rings. The van der Waals surface area contributed by atoms with Gasteiger partial charge >= 0.3 is 0 Å². The second-order valence-electron chi connectivity index (χ2n) is 7.11. The fourth-order valence-electron chi connectivity index (χ4n) is 3.65. The highest BCUT2D eigenvalue weighted by Gasteiger charge is 2.43. The highest BCUT2D eigenvalue weighted by atomic mass is 32.2. The molecule has 26 heavy (non-hydrogen) atoms. The lowest BCUT2D eigenvalue weighted by Crippen LogP contribution is -2.31. The molecule has 2 aromatic carbocycles. The van der Waals surface area contributed by atoms with E-state index < -0.39 is 15.3 Å². The number of benzene rings is 2. The predicted octanol–water partition coefficient (Wildman–Crippen LogP) is 3.98. The summed E-state index contributed by atoms with van der Waals surface area (Å²) in [7, 11) is -3.76. The third-order valence-electron chi connectivity index (χ3n) is 5.36. The topological polar surface area (TPSA) is 75.0 Å². The van der Waals surface area contributed by atoms with E-state index in [1.165, 1.54) is 0 Å². The SMILES string of the molecule is Cc1ccc(S(=O)(=O)c2ccccc2[C@](C)(C#N)[C@H]2CCC(=O)C2)cc1. The van der Waals surface area contributed by atoms with Crippen LogP contribution >= 0.6 is 0 Å². The molecular formula is C21H21NO3S. The van der Waals surface area contributed by atoms with E-state index in [1.807, 2.05) is 6.92 Å².